The van der Waals surface area contributed by atoms with E-state index in [0.717, 1.165) is 30.7 Å². The lowest BCUT2D eigenvalue weighted by molar-refractivity contribution is 0.0685. The van der Waals surface area contributed by atoms with Crippen molar-refractivity contribution in [3.8, 4) is 11.1 Å². The quantitative estimate of drug-likeness (QED) is 0.309. The molecule has 0 aliphatic heterocycles. The van der Waals surface area contributed by atoms with Crippen LogP contribution in [-0.4, -0.2) is 22.2 Å². The largest absolute Gasteiger partial charge is 0.478 e. The third kappa shape index (κ3) is 5.41. The Hall–Kier alpha value is -3.48. The number of carbonyl (C=O) groups is 2. The third-order valence-corrected chi connectivity index (χ3v) is 6.63. The highest BCUT2D eigenvalue weighted by atomic mass is 32.2. The SMILES string of the molecule is O=C(O)c1cccc(Sc2ccc(-c3cccc(Sc4cccc(C(=O)O)c4)c3)cc2)c1. The Bertz CT molecular complexity index is 1280. The minimum Gasteiger partial charge on any atom is -0.478 e. The van der Waals surface area contributed by atoms with Crippen LogP contribution in [0.4, 0.5) is 0 Å². The summed E-state index contributed by atoms with van der Waals surface area (Å²) in [7, 11) is 0. The second-order valence-corrected chi connectivity index (χ2v) is 9.22. The molecule has 0 heterocycles. The number of carboxylic acid groups (broad SMARTS) is 2. The molecule has 4 nitrogen and oxygen atoms in total. The van der Waals surface area contributed by atoms with Gasteiger partial charge in [-0.05, 0) is 71.8 Å². The zero-order valence-corrected chi connectivity index (χ0v) is 18.4. The fourth-order valence-corrected chi connectivity index (χ4v) is 4.93. The Kier molecular flexibility index (Phi) is 6.63. The molecule has 6 heteroatoms. The first-order valence-corrected chi connectivity index (χ1v) is 11.3. The van der Waals surface area contributed by atoms with Gasteiger partial charge in [0, 0.05) is 19.6 Å². The lowest BCUT2D eigenvalue weighted by atomic mass is 10.1. The molecule has 0 unspecified atom stereocenters. The Labute approximate surface area is 193 Å². The van der Waals surface area contributed by atoms with Gasteiger partial charge < -0.3 is 10.2 Å². The van der Waals surface area contributed by atoms with Crippen molar-refractivity contribution in [1.29, 1.82) is 0 Å². The van der Waals surface area contributed by atoms with Crippen LogP contribution in [0.3, 0.4) is 0 Å². The first-order chi connectivity index (χ1) is 15.5. The maximum atomic E-state index is 11.2. The first kappa shape index (κ1) is 21.7. The van der Waals surface area contributed by atoms with Gasteiger partial charge in [0.1, 0.15) is 0 Å². The monoisotopic (exact) mass is 458 g/mol. The van der Waals surface area contributed by atoms with Gasteiger partial charge in [0.2, 0.25) is 0 Å². The molecular weight excluding hydrogens is 440 g/mol. The van der Waals surface area contributed by atoms with Gasteiger partial charge in [-0.2, -0.15) is 0 Å². The van der Waals surface area contributed by atoms with Crippen molar-refractivity contribution in [2.75, 3.05) is 0 Å². The van der Waals surface area contributed by atoms with E-state index >= 15 is 0 Å². The topological polar surface area (TPSA) is 74.6 Å². The van der Waals surface area contributed by atoms with Crippen LogP contribution in [0.25, 0.3) is 11.1 Å². The Morgan fingerprint density at radius 1 is 0.500 bits per heavy atom. The average molecular weight is 459 g/mol. The van der Waals surface area contributed by atoms with Crippen molar-refractivity contribution >= 4 is 35.5 Å². The number of rotatable bonds is 7. The van der Waals surface area contributed by atoms with Gasteiger partial charge in [0.05, 0.1) is 11.1 Å². The smallest absolute Gasteiger partial charge is 0.335 e. The molecule has 0 aromatic heterocycles. The summed E-state index contributed by atoms with van der Waals surface area (Å²) < 4.78 is 0. The zero-order chi connectivity index (χ0) is 22.5. The van der Waals surface area contributed by atoms with E-state index in [1.807, 2.05) is 54.6 Å². The Morgan fingerprint density at radius 2 is 0.969 bits per heavy atom. The predicted octanol–water partition coefficient (Wildman–Crippen LogP) is 7.05. The van der Waals surface area contributed by atoms with E-state index in [-0.39, 0.29) is 11.1 Å². The molecule has 32 heavy (non-hydrogen) atoms. The summed E-state index contributed by atoms with van der Waals surface area (Å²) in [5, 5.41) is 18.3. The van der Waals surface area contributed by atoms with E-state index in [2.05, 4.69) is 6.07 Å². The minimum absolute atomic E-state index is 0.271. The van der Waals surface area contributed by atoms with Crippen molar-refractivity contribution in [3.63, 3.8) is 0 Å². The van der Waals surface area contributed by atoms with Crippen LogP contribution in [0.15, 0.2) is 117 Å². The van der Waals surface area contributed by atoms with Crippen LogP contribution in [0.2, 0.25) is 0 Å². The van der Waals surface area contributed by atoms with Crippen LogP contribution in [0, 0.1) is 0 Å². The molecular formula is C26H18O4S2. The van der Waals surface area contributed by atoms with Crippen LogP contribution < -0.4 is 0 Å². The van der Waals surface area contributed by atoms with Gasteiger partial charge in [-0.1, -0.05) is 59.9 Å². The third-order valence-electron chi connectivity index (χ3n) is 4.66. The molecule has 4 aromatic rings. The summed E-state index contributed by atoms with van der Waals surface area (Å²) in [5.74, 6) is -1.87. The highest BCUT2D eigenvalue weighted by molar-refractivity contribution is 7.99. The van der Waals surface area contributed by atoms with Crippen LogP contribution in [0.5, 0.6) is 0 Å². The minimum atomic E-state index is -0.936. The van der Waals surface area contributed by atoms with Gasteiger partial charge in [-0.3, -0.25) is 0 Å². The summed E-state index contributed by atoms with van der Waals surface area (Å²) in [6.07, 6.45) is 0. The lowest BCUT2D eigenvalue weighted by Gasteiger charge is -2.08. The fourth-order valence-electron chi connectivity index (χ4n) is 3.11. The molecule has 0 saturated heterocycles. The summed E-state index contributed by atoms with van der Waals surface area (Å²) in [6, 6.07) is 30.0. The highest BCUT2D eigenvalue weighted by Crippen LogP contribution is 2.33. The van der Waals surface area contributed by atoms with Crippen molar-refractivity contribution < 1.29 is 19.8 Å². The van der Waals surface area contributed by atoms with E-state index in [1.54, 1.807) is 36.4 Å². The van der Waals surface area contributed by atoms with Gasteiger partial charge in [-0.25, -0.2) is 9.59 Å². The standard InChI is InChI=1S/C26H18O4S2/c27-25(28)19-5-2-8-23(15-19)31-21-12-10-17(11-13-21)18-4-1-7-22(14-18)32-24-9-3-6-20(16-24)26(29)30/h1-16H,(H,27,28)(H,29,30). The molecule has 158 valence electrons. The second kappa shape index (κ2) is 9.77. The maximum Gasteiger partial charge on any atom is 0.335 e. The van der Waals surface area contributed by atoms with Crippen molar-refractivity contribution in [2.24, 2.45) is 0 Å². The predicted molar refractivity (Wildman–Crippen MR) is 127 cm³/mol. The molecule has 0 spiro atoms. The lowest BCUT2D eigenvalue weighted by Crippen LogP contribution is -1.95. The fraction of sp³-hybridized carbons (Fsp3) is 0. The molecule has 0 bridgehead atoms. The van der Waals surface area contributed by atoms with Crippen molar-refractivity contribution in [2.45, 2.75) is 19.6 Å². The highest BCUT2D eigenvalue weighted by Gasteiger charge is 2.07. The summed E-state index contributed by atoms with van der Waals surface area (Å²) in [5.41, 5.74) is 2.67. The number of aromatic carboxylic acids is 2. The Balaban J connectivity index is 1.50. The summed E-state index contributed by atoms with van der Waals surface area (Å²) in [4.78, 5) is 26.1. The number of hydrogen-bond acceptors (Lipinski definition) is 4. The van der Waals surface area contributed by atoms with Gasteiger partial charge >= 0.3 is 11.9 Å². The summed E-state index contributed by atoms with van der Waals surface area (Å²) >= 11 is 3.04. The van der Waals surface area contributed by atoms with E-state index in [1.165, 1.54) is 23.5 Å². The van der Waals surface area contributed by atoms with E-state index in [9.17, 15) is 14.7 Å². The number of hydrogen-bond donors (Lipinski definition) is 2. The van der Waals surface area contributed by atoms with Gasteiger partial charge in [0.25, 0.3) is 0 Å². The number of benzene rings is 4. The Morgan fingerprint density at radius 3 is 1.50 bits per heavy atom. The normalized spacial score (nSPS) is 10.6. The van der Waals surface area contributed by atoms with E-state index in [0.29, 0.717) is 0 Å². The summed E-state index contributed by atoms with van der Waals surface area (Å²) in [6.45, 7) is 0. The first-order valence-electron chi connectivity index (χ1n) is 9.71. The molecule has 0 saturated carbocycles. The molecule has 2 N–H and O–H groups in total. The molecule has 4 rings (SSSR count). The molecule has 0 fully saturated rings. The van der Waals surface area contributed by atoms with Gasteiger partial charge in [-0.15, -0.1) is 0 Å². The van der Waals surface area contributed by atoms with Crippen LogP contribution in [-0.2, 0) is 0 Å². The molecule has 4 aromatic carbocycles. The molecule has 0 aliphatic rings. The van der Waals surface area contributed by atoms with Crippen LogP contribution >= 0.6 is 23.5 Å². The van der Waals surface area contributed by atoms with E-state index in [4.69, 9.17) is 5.11 Å². The van der Waals surface area contributed by atoms with Crippen molar-refractivity contribution in [1.82, 2.24) is 0 Å². The van der Waals surface area contributed by atoms with Gasteiger partial charge in [0.15, 0.2) is 0 Å². The zero-order valence-electron chi connectivity index (χ0n) is 16.8. The molecule has 0 amide bonds. The van der Waals surface area contributed by atoms with Crippen molar-refractivity contribution in [3.05, 3.63) is 108 Å². The maximum absolute atomic E-state index is 11.2. The average Bonchev–Trinajstić information content (AvgIpc) is 2.80. The second-order valence-electron chi connectivity index (χ2n) is 6.92. The molecule has 0 radical (unpaired) electrons. The van der Waals surface area contributed by atoms with Crippen LogP contribution in [0.1, 0.15) is 20.7 Å². The molecule has 0 atom stereocenters. The number of carboxylic acids is 2. The molecule has 0 aliphatic carbocycles. The van der Waals surface area contributed by atoms with E-state index < -0.39 is 11.9 Å².